The molecule has 0 aromatic rings. The van der Waals surface area contributed by atoms with Gasteiger partial charge in [-0.2, -0.15) is 0 Å². The van der Waals surface area contributed by atoms with Crippen LogP contribution < -0.4 is 5.73 Å². The van der Waals surface area contributed by atoms with Gasteiger partial charge in [-0.3, -0.25) is 0 Å². The highest BCUT2D eigenvalue weighted by molar-refractivity contribution is 4.89. The molecule has 0 radical (unpaired) electrons. The van der Waals surface area contributed by atoms with Crippen LogP contribution in [0.25, 0.3) is 0 Å². The van der Waals surface area contributed by atoms with Gasteiger partial charge in [-0.05, 0) is 25.9 Å². The lowest BCUT2D eigenvalue weighted by Crippen LogP contribution is -2.56. The third-order valence-corrected chi connectivity index (χ3v) is 2.56. The van der Waals surface area contributed by atoms with Gasteiger partial charge in [0.15, 0.2) is 0 Å². The largest absolute Gasteiger partial charge is 0.326 e. The Bertz CT molecular complexity index is 107. The third kappa shape index (κ3) is 1.32. The second-order valence-corrected chi connectivity index (χ2v) is 3.66. The van der Waals surface area contributed by atoms with E-state index in [2.05, 4.69) is 25.8 Å². The number of hydrogen-bond donors (Lipinski definition) is 1. The smallest absolute Gasteiger partial charge is 0.0258 e. The average Bonchev–Trinajstić information content (AvgIpc) is 1.84. The zero-order valence-corrected chi connectivity index (χ0v) is 7.17. The Kier molecular flexibility index (Phi) is 2.32. The fourth-order valence-electron chi connectivity index (χ4n) is 1.47. The van der Waals surface area contributed by atoms with Crippen LogP contribution >= 0.6 is 0 Å². The maximum atomic E-state index is 5.97. The third-order valence-electron chi connectivity index (χ3n) is 2.56. The summed E-state index contributed by atoms with van der Waals surface area (Å²) in [6.45, 7) is 5.61. The van der Waals surface area contributed by atoms with Crippen molar-refractivity contribution >= 4 is 0 Å². The van der Waals surface area contributed by atoms with E-state index in [1.807, 2.05) is 0 Å². The Labute approximate surface area is 63.4 Å². The molecule has 1 saturated heterocycles. The molecule has 0 bridgehead atoms. The van der Waals surface area contributed by atoms with Gasteiger partial charge in [0.2, 0.25) is 0 Å². The van der Waals surface area contributed by atoms with Crippen molar-refractivity contribution in [1.29, 1.82) is 0 Å². The topological polar surface area (TPSA) is 29.3 Å². The van der Waals surface area contributed by atoms with Crippen molar-refractivity contribution in [3.05, 3.63) is 0 Å². The summed E-state index contributed by atoms with van der Waals surface area (Å²) in [6.07, 6.45) is 1.29. The molecule has 0 aliphatic carbocycles. The summed E-state index contributed by atoms with van der Waals surface area (Å²) in [5.41, 5.74) is 5.97. The summed E-state index contributed by atoms with van der Waals surface area (Å²) in [5.74, 6) is 0.618. The minimum atomic E-state index is 0.374. The molecule has 1 aliphatic heterocycles. The van der Waals surface area contributed by atoms with Crippen molar-refractivity contribution in [2.45, 2.75) is 32.4 Å². The number of nitrogens with zero attached hydrogens (tertiary/aromatic N) is 1. The summed E-state index contributed by atoms with van der Waals surface area (Å²) in [5, 5.41) is 0. The van der Waals surface area contributed by atoms with E-state index in [4.69, 9.17) is 5.73 Å². The Balaban J connectivity index is 2.34. The van der Waals surface area contributed by atoms with E-state index < -0.39 is 0 Å². The van der Waals surface area contributed by atoms with Crippen molar-refractivity contribution in [2.75, 3.05) is 13.6 Å². The fourth-order valence-corrected chi connectivity index (χ4v) is 1.47. The van der Waals surface area contributed by atoms with Crippen molar-refractivity contribution in [2.24, 2.45) is 11.7 Å². The summed E-state index contributed by atoms with van der Waals surface area (Å²) in [6, 6.07) is 1.03. The van der Waals surface area contributed by atoms with Gasteiger partial charge in [-0.15, -0.1) is 0 Å². The van der Waals surface area contributed by atoms with Gasteiger partial charge < -0.3 is 10.6 Å². The van der Waals surface area contributed by atoms with E-state index in [0.717, 1.165) is 0 Å². The molecule has 2 heteroatoms. The van der Waals surface area contributed by atoms with E-state index >= 15 is 0 Å². The van der Waals surface area contributed by atoms with Crippen LogP contribution in [0, 0.1) is 5.92 Å². The maximum absolute atomic E-state index is 5.97. The molecule has 0 aromatic heterocycles. The summed E-state index contributed by atoms with van der Waals surface area (Å²) in [4.78, 5) is 2.34. The van der Waals surface area contributed by atoms with E-state index in [1.54, 1.807) is 0 Å². The summed E-state index contributed by atoms with van der Waals surface area (Å²) >= 11 is 0. The quantitative estimate of drug-likeness (QED) is 0.614. The maximum Gasteiger partial charge on any atom is 0.0258 e. The van der Waals surface area contributed by atoms with E-state index in [0.29, 0.717) is 18.0 Å². The first-order valence-corrected chi connectivity index (χ1v) is 4.08. The van der Waals surface area contributed by atoms with Crippen LogP contribution in [-0.2, 0) is 0 Å². The van der Waals surface area contributed by atoms with Gasteiger partial charge in [0.25, 0.3) is 0 Å². The molecular weight excluding hydrogens is 124 g/mol. The van der Waals surface area contributed by atoms with E-state index in [-0.39, 0.29) is 0 Å². The minimum absolute atomic E-state index is 0.374. The molecule has 1 heterocycles. The summed E-state index contributed by atoms with van der Waals surface area (Å²) < 4.78 is 0. The molecule has 0 spiro atoms. The normalized spacial score (nSPS) is 30.3. The van der Waals surface area contributed by atoms with Crippen molar-refractivity contribution in [1.82, 2.24) is 4.90 Å². The predicted octanol–water partition coefficient (Wildman–Crippen LogP) is 0.674. The number of hydrogen-bond acceptors (Lipinski definition) is 2. The lowest BCUT2D eigenvalue weighted by atomic mass is 9.89. The van der Waals surface area contributed by atoms with Crippen LogP contribution in [0.15, 0.2) is 0 Å². The Morgan fingerprint density at radius 2 is 2.10 bits per heavy atom. The standard InChI is InChI=1S/C8H18N2/c1-6(2)8(9)7-4-5-10(7)3/h6-8H,4-5,9H2,1-3H3. The highest BCUT2D eigenvalue weighted by atomic mass is 15.2. The van der Waals surface area contributed by atoms with E-state index in [1.165, 1.54) is 13.0 Å². The highest BCUT2D eigenvalue weighted by Crippen LogP contribution is 2.20. The average molecular weight is 142 g/mol. The van der Waals surface area contributed by atoms with Crippen LogP contribution in [-0.4, -0.2) is 30.6 Å². The Morgan fingerprint density at radius 3 is 2.20 bits per heavy atom. The molecule has 1 fully saturated rings. The lowest BCUT2D eigenvalue weighted by molar-refractivity contribution is 0.0875. The zero-order chi connectivity index (χ0) is 7.72. The van der Waals surface area contributed by atoms with E-state index in [9.17, 15) is 0 Å². The van der Waals surface area contributed by atoms with Crippen LogP contribution in [0.3, 0.4) is 0 Å². The molecule has 2 unspecified atom stereocenters. The minimum Gasteiger partial charge on any atom is -0.326 e. The lowest BCUT2D eigenvalue weighted by Gasteiger charge is -2.43. The van der Waals surface area contributed by atoms with Crippen molar-refractivity contribution in [3.8, 4) is 0 Å². The first kappa shape index (κ1) is 8.02. The van der Waals surface area contributed by atoms with Gasteiger partial charge in [-0.25, -0.2) is 0 Å². The first-order chi connectivity index (χ1) is 4.63. The Morgan fingerprint density at radius 1 is 1.50 bits per heavy atom. The Hall–Kier alpha value is -0.0800. The molecule has 2 atom stereocenters. The second kappa shape index (κ2) is 2.89. The number of rotatable bonds is 2. The molecule has 2 nitrogen and oxygen atoms in total. The zero-order valence-electron chi connectivity index (χ0n) is 7.17. The first-order valence-electron chi connectivity index (χ1n) is 4.08. The molecule has 0 amide bonds. The number of likely N-dealkylation sites (N-methyl/N-ethyl adjacent to an activating group) is 1. The van der Waals surface area contributed by atoms with Gasteiger partial charge in [0.05, 0.1) is 0 Å². The van der Waals surface area contributed by atoms with Crippen LogP contribution in [0.4, 0.5) is 0 Å². The molecule has 10 heavy (non-hydrogen) atoms. The SMILES string of the molecule is CC(C)C(N)C1CCN1C. The van der Waals surface area contributed by atoms with Crippen LogP contribution in [0.5, 0.6) is 0 Å². The molecule has 1 aliphatic rings. The fraction of sp³-hybridized carbons (Fsp3) is 1.00. The predicted molar refractivity (Wildman–Crippen MR) is 43.8 cm³/mol. The molecular formula is C8H18N2. The van der Waals surface area contributed by atoms with Crippen molar-refractivity contribution < 1.29 is 0 Å². The molecule has 0 aromatic carbocycles. The monoisotopic (exact) mass is 142 g/mol. The van der Waals surface area contributed by atoms with Gasteiger partial charge in [0.1, 0.15) is 0 Å². The second-order valence-electron chi connectivity index (χ2n) is 3.66. The van der Waals surface area contributed by atoms with Gasteiger partial charge in [0, 0.05) is 12.1 Å². The van der Waals surface area contributed by atoms with Crippen LogP contribution in [0.1, 0.15) is 20.3 Å². The van der Waals surface area contributed by atoms with Crippen LogP contribution in [0.2, 0.25) is 0 Å². The molecule has 60 valence electrons. The highest BCUT2D eigenvalue weighted by Gasteiger charge is 2.30. The van der Waals surface area contributed by atoms with Gasteiger partial charge in [-0.1, -0.05) is 13.8 Å². The number of likely N-dealkylation sites (tertiary alicyclic amines) is 1. The van der Waals surface area contributed by atoms with Crippen molar-refractivity contribution in [3.63, 3.8) is 0 Å². The summed E-state index contributed by atoms with van der Waals surface area (Å²) in [7, 11) is 2.15. The van der Waals surface area contributed by atoms with Gasteiger partial charge >= 0.3 is 0 Å². The molecule has 1 rings (SSSR count). The molecule has 2 N–H and O–H groups in total. The number of nitrogens with two attached hydrogens (primary N) is 1. The molecule has 0 saturated carbocycles.